The minimum absolute atomic E-state index is 0. The Morgan fingerprint density at radius 2 is 0.296 bits per heavy atom. The van der Waals surface area contributed by atoms with Gasteiger partial charge < -0.3 is 0 Å². The third-order valence-corrected chi connectivity index (χ3v) is 0. The van der Waals surface area contributed by atoms with E-state index in [9.17, 15) is 0 Å². The normalized spacial score (nSPS) is 1.30. The lowest BCUT2D eigenvalue weighted by Crippen LogP contribution is -1.08. The van der Waals surface area contributed by atoms with Crippen LogP contribution in [0.15, 0.2) is 0 Å². The van der Waals surface area contributed by atoms with Gasteiger partial charge in [-0.15, -0.1) is 26.8 Å². The zero-order valence-corrected chi connectivity index (χ0v) is 7.27. The molecule has 206 valence electrons. The van der Waals surface area contributed by atoms with E-state index in [1.807, 2.05) is 0 Å². The van der Waals surface area contributed by atoms with Gasteiger partial charge in [0.1, 0.15) is 7.57 Å². The smallest absolute Gasteiger partial charge is 0.110 e. The molecule has 0 fully saturated rings. The molecule has 0 aromatic rings. The molecule has 0 rings (SSSR count). The fraction of sp³-hybridized carbons (Fsp3) is 1.00. The van der Waals surface area contributed by atoms with E-state index in [0.29, 0.717) is 8.15 Å². The third kappa shape index (κ3) is 5800. The summed E-state index contributed by atoms with van der Waals surface area (Å²) in [6.07, 6.45) is 0. The Morgan fingerprint density at radius 1 is 0.296 bits per heavy atom. The highest BCUT2D eigenvalue weighted by Gasteiger charge is 1.34. The van der Waals surface area contributed by atoms with Crippen LogP contribution in [0.5, 0.6) is 0 Å². The molecule has 27 heavy (non-hydrogen) atoms. The molecule has 0 heterocycles. The van der Waals surface area contributed by atoms with Crippen LogP contribution in [0.4, 0.5) is 0 Å². The van der Waals surface area contributed by atoms with Crippen molar-refractivity contribution in [2.24, 2.45) is 0 Å². The van der Waals surface area contributed by atoms with Crippen molar-refractivity contribution >= 4 is 42.5 Å². The first kappa shape index (κ1) is 971. The average Bonchev–Trinajstić information content (AvgIpc) is 1.46. The van der Waals surface area contributed by atoms with E-state index in [-0.39, 0.29) is 163 Å². The van der Waals surface area contributed by atoms with Crippen LogP contribution in [0.25, 0.3) is 0 Å². The summed E-state index contributed by atoms with van der Waals surface area (Å²) in [5, 5.41) is 0. The van der Waals surface area contributed by atoms with Gasteiger partial charge in [0.15, 0.2) is 0 Å². The second-order valence-electron chi connectivity index (χ2n) is 0.167. The van der Waals surface area contributed by atoms with E-state index in [4.69, 9.17) is 7.57 Å². The Labute approximate surface area is 205 Å². The standard InChI is InChI=1S/22CH4.BH3P2.H4P2/c;;;;;;;;;;;;;;;;;;;;;;1-3-2;1-2/h22*1H4;3H,2H2;1-2H2. The maximum atomic E-state index is 4.84. The van der Waals surface area contributed by atoms with Crippen LogP contribution >= 0.6 is 34.9 Å². The summed E-state index contributed by atoms with van der Waals surface area (Å²) in [6, 6.07) is 0. The lowest BCUT2D eigenvalue weighted by molar-refractivity contribution is 2.50. The Balaban J connectivity index is -0.000000000168. The zero-order valence-electron chi connectivity index (χ0n) is 2.81. The quantitative estimate of drug-likeness (QED) is 0.232. The Kier molecular flexibility index (Phi) is 92400. The van der Waals surface area contributed by atoms with Gasteiger partial charge in [0.05, 0.1) is 0 Å². The minimum Gasteiger partial charge on any atom is -0.153 e. The lowest BCUT2D eigenvalue weighted by atomic mass is 10.8. The highest BCUT2D eigenvalue weighted by atomic mass is 32.0. The van der Waals surface area contributed by atoms with E-state index in [2.05, 4.69) is 26.8 Å². The molecule has 0 bridgehead atoms. The highest BCUT2D eigenvalue weighted by Crippen LogP contribution is 2.08. The van der Waals surface area contributed by atoms with Gasteiger partial charge in [-0.2, -0.15) is 8.15 Å². The number of hydrogen-bond donors (Lipinski definition) is 0. The molecule has 0 spiro atoms. The van der Waals surface area contributed by atoms with Crippen LogP contribution in [0.2, 0.25) is 0 Å². The Bertz CT molecular complexity index is 22.3. The summed E-state index contributed by atoms with van der Waals surface area (Å²) in [5.41, 5.74) is 0. The molecule has 5 heteroatoms. The molecule has 0 aliphatic rings. The molecule has 2 radical (unpaired) electrons. The Morgan fingerprint density at radius 3 is 0.296 bits per heavy atom. The summed E-state index contributed by atoms with van der Waals surface area (Å²) in [5.74, 6) is 0. The van der Waals surface area contributed by atoms with Gasteiger partial charge in [-0.1, -0.05) is 163 Å². The van der Waals surface area contributed by atoms with Crippen LogP contribution in [0.3, 0.4) is 0 Å². The third-order valence-electron chi connectivity index (χ3n) is 0. The second kappa shape index (κ2) is 2570. The van der Waals surface area contributed by atoms with Gasteiger partial charge in [0, 0.05) is 0 Å². The van der Waals surface area contributed by atoms with Crippen molar-refractivity contribution in [3.05, 3.63) is 0 Å². The van der Waals surface area contributed by atoms with Crippen LogP contribution in [0.1, 0.15) is 163 Å². The van der Waals surface area contributed by atoms with Gasteiger partial charge in [0.25, 0.3) is 0 Å². The molecule has 0 aliphatic carbocycles. The van der Waals surface area contributed by atoms with E-state index >= 15 is 0 Å². The van der Waals surface area contributed by atoms with Crippen LogP contribution < -0.4 is 0 Å². The summed E-state index contributed by atoms with van der Waals surface area (Å²) >= 11 is 0. The second-order valence-corrected chi connectivity index (χ2v) is 1.50. The number of hydrogen-bond acceptors (Lipinski definition) is 0. The molecule has 4 atom stereocenters. The molecule has 0 aromatic carbocycles. The minimum atomic E-state index is 0. The molecular formula is C22H95BP4. The van der Waals surface area contributed by atoms with Crippen molar-refractivity contribution in [3.63, 3.8) is 0 Å². The maximum Gasteiger partial charge on any atom is 0.110 e. The van der Waals surface area contributed by atoms with Gasteiger partial charge in [-0.05, 0) is 0 Å². The summed E-state index contributed by atoms with van der Waals surface area (Å²) in [6.45, 7) is 0. The topological polar surface area (TPSA) is 0 Å². The van der Waals surface area contributed by atoms with E-state index in [1.54, 1.807) is 0 Å². The van der Waals surface area contributed by atoms with Crippen molar-refractivity contribution in [1.82, 2.24) is 0 Å². The van der Waals surface area contributed by atoms with Gasteiger partial charge >= 0.3 is 0 Å². The van der Waals surface area contributed by atoms with Crippen LogP contribution in [-0.4, -0.2) is 7.57 Å². The fourth-order valence-electron chi connectivity index (χ4n) is 0. The monoisotopic (exact) mass is 495 g/mol. The number of rotatable bonds is 0. The molecule has 0 aromatic heterocycles. The lowest BCUT2D eigenvalue weighted by Gasteiger charge is -1.50. The molecule has 0 aliphatic heterocycles. The largest absolute Gasteiger partial charge is 0.153 e. The van der Waals surface area contributed by atoms with E-state index in [1.165, 1.54) is 0 Å². The van der Waals surface area contributed by atoms with Crippen molar-refractivity contribution in [1.29, 1.82) is 0 Å². The van der Waals surface area contributed by atoms with Gasteiger partial charge in [0.2, 0.25) is 0 Å². The zero-order chi connectivity index (χ0) is 4.71. The van der Waals surface area contributed by atoms with Crippen LogP contribution in [-0.2, 0) is 0 Å². The molecule has 0 saturated carbocycles. The predicted molar refractivity (Wildman–Crippen MR) is 191 cm³/mol. The van der Waals surface area contributed by atoms with E-state index in [0.717, 1.165) is 0 Å². The average molecular weight is 495 g/mol. The van der Waals surface area contributed by atoms with Crippen molar-refractivity contribution in [2.45, 2.75) is 163 Å². The molecule has 0 saturated heterocycles. The fourth-order valence-corrected chi connectivity index (χ4v) is 0. The SMILES string of the molecule is C.C.C.C.C.C.C.C.C.C.C.C.C.C.C.C.C.C.C.C.C.C.PP.[B]PP. The first-order valence-corrected chi connectivity index (χ1v) is 6.46. The van der Waals surface area contributed by atoms with Crippen molar-refractivity contribution in [2.75, 3.05) is 0 Å². The van der Waals surface area contributed by atoms with Crippen LogP contribution in [0, 0.1) is 0 Å². The molecule has 0 amide bonds. The maximum absolute atomic E-state index is 4.84. The molecule has 4 unspecified atom stereocenters. The van der Waals surface area contributed by atoms with Gasteiger partial charge in [-0.3, -0.25) is 0 Å². The molecule has 0 nitrogen and oxygen atoms in total. The first-order chi connectivity index (χ1) is 2.41. The molecular weight excluding hydrogens is 399 g/mol. The summed E-state index contributed by atoms with van der Waals surface area (Å²) in [7, 11) is 12.4. The highest BCUT2D eigenvalue weighted by molar-refractivity contribution is 8.15. The summed E-state index contributed by atoms with van der Waals surface area (Å²) < 4.78 is 0. The van der Waals surface area contributed by atoms with Crippen molar-refractivity contribution in [3.8, 4) is 0 Å². The Hall–Kier alpha value is 1.78. The molecule has 0 N–H and O–H groups in total. The van der Waals surface area contributed by atoms with E-state index < -0.39 is 0 Å². The predicted octanol–water partition coefficient (Wildman–Crippen LogP) is 15.2. The summed E-state index contributed by atoms with van der Waals surface area (Å²) in [4.78, 5) is 0. The van der Waals surface area contributed by atoms with Crippen molar-refractivity contribution < 1.29 is 0 Å². The first-order valence-electron chi connectivity index (χ1n) is 0.911. The van der Waals surface area contributed by atoms with Gasteiger partial charge in [-0.25, -0.2) is 0 Å².